The number of aromatic nitrogens is 4. The first-order valence-electron chi connectivity index (χ1n) is 9.86. The highest BCUT2D eigenvalue weighted by molar-refractivity contribution is 7.21. The smallest absolute Gasteiger partial charge is 0.311 e. The molecule has 0 unspecified atom stereocenters. The van der Waals surface area contributed by atoms with Gasteiger partial charge in [0.2, 0.25) is 5.43 Å². The summed E-state index contributed by atoms with van der Waals surface area (Å²) in [6, 6.07) is 6.75. The first-order valence-corrected chi connectivity index (χ1v) is 11.1. The van der Waals surface area contributed by atoms with Crippen LogP contribution in [0.25, 0.3) is 37.5 Å². The molecule has 5 rings (SSSR count). The summed E-state index contributed by atoms with van der Waals surface area (Å²) in [6.45, 7) is 3.57. The number of alkyl halides is 3. The van der Waals surface area contributed by atoms with Gasteiger partial charge in [-0.1, -0.05) is 11.6 Å². The Morgan fingerprint density at radius 2 is 1.85 bits per heavy atom. The Balaban J connectivity index is 1.82. The highest BCUT2D eigenvalue weighted by Gasteiger charge is 2.33. The zero-order valence-corrected chi connectivity index (χ0v) is 19.1. The van der Waals surface area contributed by atoms with Crippen LogP contribution in [0.15, 0.2) is 47.5 Å². The predicted octanol–water partition coefficient (Wildman–Crippen LogP) is 6.49. The number of thiazole rings is 1. The van der Waals surface area contributed by atoms with E-state index in [1.807, 2.05) is 6.92 Å². The monoisotopic (exact) mass is 504 g/mol. The van der Waals surface area contributed by atoms with Crippen molar-refractivity contribution in [3.05, 3.63) is 80.7 Å². The number of rotatable bonds is 2. The van der Waals surface area contributed by atoms with Gasteiger partial charge in [0.15, 0.2) is 0 Å². The lowest BCUT2D eigenvalue weighted by atomic mass is 10.1. The van der Waals surface area contributed by atoms with Crippen LogP contribution in [0, 0.1) is 19.7 Å². The molecule has 0 N–H and O–H groups in total. The maximum absolute atomic E-state index is 14.9. The Hall–Kier alpha value is -3.37. The van der Waals surface area contributed by atoms with E-state index < -0.39 is 23.1 Å². The first-order chi connectivity index (χ1) is 16.0. The highest BCUT2D eigenvalue weighted by atomic mass is 35.5. The molecular weight excluding hydrogens is 492 g/mol. The zero-order chi connectivity index (χ0) is 24.4. The normalized spacial score (nSPS) is 12.1. The zero-order valence-electron chi connectivity index (χ0n) is 17.5. The quantitative estimate of drug-likeness (QED) is 0.258. The van der Waals surface area contributed by atoms with E-state index >= 15 is 0 Å². The van der Waals surface area contributed by atoms with Gasteiger partial charge >= 0.3 is 6.18 Å². The van der Waals surface area contributed by atoms with Crippen LogP contribution in [0.1, 0.15) is 17.0 Å². The summed E-state index contributed by atoms with van der Waals surface area (Å²) >= 11 is 6.82. The Kier molecular flexibility index (Phi) is 5.18. The van der Waals surface area contributed by atoms with E-state index in [9.17, 15) is 22.4 Å². The number of aryl methyl sites for hydroxylation is 2. The largest absolute Gasteiger partial charge is 0.433 e. The second-order valence-corrected chi connectivity index (χ2v) is 9.12. The molecule has 0 aliphatic carbocycles. The lowest BCUT2D eigenvalue weighted by Gasteiger charge is -2.15. The van der Waals surface area contributed by atoms with Crippen LogP contribution in [0.5, 0.6) is 0 Å². The first kappa shape index (κ1) is 22.4. The van der Waals surface area contributed by atoms with Crippen molar-refractivity contribution in [2.24, 2.45) is 0 Å². The van der Waals surface area contributed by atoms with Crippen molar-refractivity contribution >= 4 is 44.2 Å². The van der Waals surface area contributed by atoms with Crippen molar-refractivity contribution in [2.75, 3.05) is 0 Å². The summed E-state index contributed by atoms with van der Waals surface area (Å²) in [5.74, 6) is -0.620. The lowest BCUT2D eigenvalue weighted by Crippen LogP contribution is -2.14. The van der Waals surface area contributed by atoms with E-state index in [2.05, 4.69) is 15.0 Å². The Bertz CT molecular complexity index is 1680. The van der Waals surface area contributed by atoms with Gasteiger partial charge in [-0.3, -0.25) is 4.79 Å². The van der Waals surface area contributed by atoms with Crippen LogP contribution in [0.4, 0.5) is 17.6 Å². The molecule has 0 aliphatic rings. The average molecular weight is 505 g/mol. The second-order valence-electron chi connectivity index (χ2n) is 7.65. The molecule has 4 aromatic heterocycles. The summed E-state index contributed by atoms with van der Waals surface area (Å²) in [5.41, 5.74) is 0.777. The van der Waals surface area contributed by atoms with E-state index in [-0.39, 0.29) is 37.0 Å². The van der Waals surface area contributed by atoms with Gasteiger partial charge in [0.25, 0.3) is 0 Å². The fourth-order valence-electron chi connectivity index (χ4n) is 3.56. The minimum Gasteiger partial charge on any atom is -0.311 e. The number of hydrogen-bond acceptors (Lipinski definition) is 5. The van der Waals surface area contributed by atoms with Gasteiger partial charge < -0.3 is 4.57 Å². The Morgan fingerprint density at radius 1 is 1.09 bits per heavy atom. The third kappa shape index (κ3) is 3.72. The summed E-state index contributed by atoms with van der Waals surface area (Å²) in [7, 11) is 0. The van der Waals surface area contributed by atoms with Crippen LogP contribution in [0.2, 0.25) is 5.02 Å². The van der Waals surface area contributed by atoms with Crippen LogP contribution in [-0.4, -0.2) is 19.5 Å². The Morgan fingerprint density at radius 3 is 2.56 bits per heavy atom. The van der Waals surface area contributed by atoms with Gasteiger partial charge in [-0.25, -0.2) is 19.3 Å². The number of fused-ring (bicyclic) bond motifs is 2. The van der Waals surface area contributed by atoms with E-state index in [4.69, 9.17) is 11.6 Å². The number of halogens is 5. The molecule has 0 bridgehead atoms. The van der Waals surface area contributed by atoms with Gasteiger partial charge in [0.1, 0.15) is 27.6 Å². The van der Waals surface area contributed by atoms with Gasteiger partial charge in [-0.2, -0.15) is 13.2 Å². The number of nitrogens with zero attached hydrogens (tertiary/aromatic N) is 4. The average Bonchev–Trinajstić information content (AvgIpc) is 3.18. The topological polar surface area (TPSA) is 60.7 Å². The number of benzene rings is 1. The van der Waals surface area contributed by atoms with Crippen molar-refractivity contribution in [3.63, 3.8) is 0 Å². The molecule has 0 radical (unpaired) electrons. The van der Waals surface area contributed by atoms with Gasteiger partial charge in [0, 0.05) is 16.9 Å². The fourth-order valence-corrected chi connectivity index (χ4v) is 4.70. The SMILES string of the molecule is Cc1cc2c(nc1C)c(=O)c(-c1nc3cnc(C(F)(F)F)cc3s1)cn2-c1ccc(Cl)cc1F. The summed E-state index contributed by atoms with van der Waals surface area (Å²) < 4.78 is 55.8. The molecule has 0 spiro atoms. The molecule has 0 amide bonds. The maximum atomic E-state index is 14.9. The number of hydrogen-bond donors (Lipinski definition) is 0. The predicted molar refractivity (Wildman–Crippen MR) is 123 cm³/mol. The highest BCUT2D eigenvalue weighted by Crippen LogP contribution is 2.34. The van der Waals surface area contributed by atoms with Crippen LogP contribution in [0.3, 0.4) is 0 Å². The molecule has 1 aromatic carbocycles. The van der Waals surface area contributed by atoms with Crippen molar-refractivity contribution in [1.82, 2.24) is 19.5 Å². The minimum atomic E-state index is -4.61. The summed E-state index contributed by atoms with van der Waals surface area (Å²) in [4.78, 5) is 25.6. The molecule has 5 nitrogen and oxygen atoms in total. The summed E-state index contributed by atoms with van der Waals surface area (Å²) in [6.07, 6.45) is -2.18. The molecule has 4 heterocycles. The van der Waals surface area contributed by atoms with Crippen molar-refractivity contribution < 1.29 is 17.6 Å². The lowest BCUT2D eigenvalue weighted by molar-refractivity contribution is -0.141. The van der Waals surface area contributed by atoms with Gasteiger partial charge in [-0.15, -0.1) is 11.3 Å². The van der Waals surface area contributed by atoms with Crippen LogP contribution < -0.4 is 5.43 Å². The maximum Gasteiger partial charge on any atom is 0.433 e. The van der Waals surface area contributed by atoms with Crippen molar-refractivity contribution in [3.8, 4) is 16.3 Å². The van der Waals surface area contributed by atoms with E-state index in [0.717, 1.165) is 35.2 Å². The second kappa shape index (κ2) is 7.85. The molecule has 0 saturated heterocycles. The molecule has 34 heavy (non-hydrogen) atoms. The molecule has 0 fully saturated rings. The third-order valence-corrected chi connectivity index (χ3v) is 6.67. The van der Waals surface area contributed by atoms with Crippen LogP contribution in [-0.2, 0) is 6.18 Å². The Labute approximate surface area is 198 Å². The standard InChI is InChI=1S/C23H13ClF4N4OS/c1-10-5-17-20(30-11(10)2)21(33)13(9-32(17)16-4-3-12(24)6-14(16)25)22-31-15-8-29-19(23(26,27)28)7-18(15)34-22/h3-9H,1-2H3. The van der Waals surface area contributed by atoms with Gasteiger partial charge in [-0.05, 0) is 49.7 Å². The van der Waals surface area contributed by atoms with Crippen molar-refractivity contribution in [1.29, 1.82) is 0 Å². The van der Waals surface area contributed by atoms with E-state index in [1.54, 1.807) is 13.0 Å². The fraction of sp³-hybridized carbons (Fsp3) is 0.130. The molecule has 0 atom stereocenters. The summed E-state index contributed by atoms with van der Waals surface area (Å²) in [5, 5.41) is 0.377. The van der Waals surface area contributed by atoms with E-state index in [0.29, 0.717) is 11.2 Å². The molecule has 5 aromatic rings. The van der Waals surface area contributed by atoms with E-state index in [1.165, 1.54) is 22.9 Å². The van der Waals surface area contributed by atoms with Crippen molar-refractivity contribution in [2.45, 2.75) is 20.0 Å². The minimum absolute atomic E-state index is 0.0763. The molecular formula is C23H13ClF4N4OS. The van der Waals surface area contributed by atoms with Gasteiger partial charge in [0.05, 0.1) is 27.7 Å². The molecule has 0 aliphatic heterocycles. The van der Waals surface area contributed by atoms with Crippen LogP contribution >= 0.6 is 22.9 Å². The molecule has 11 heteroatoms. The molecule has 172 valence electrons. The number of pyridine rings is 3. The third-order valence-electron chi connectivity index (χ3n) is 5.39. The molecule has 0 saturated carbocycles.